The van der Waals surface area contributed by atoms with Crippen LogP contribution >= 0.6 is 0 Å². The lowest BCUT2D eigenvalue weighted by atomic mass is 9.98. The molecule has 0 saturated carbocycles. The van der Waals surface area contributed by atoms with E-state index in [0.29, 0.717) is 12.0 Å². The van der Waals surface area contributed by atoms with Crippen molar-refractivity contribution >= 4 is 5.91 Å². The lowest BCUT2D eigenvalue weighted by molar-refractivity contribution is -0.124. The lowest BCUT2D eigenvalue weighted by Crippen LogP contribution is -2.37. The summed E-state index contributed by atoms with van der Waals surface area (Å²) in [5.41, 5.74) is 5.84. The fourth-order valence-corrected chi connectivity index (χ4v) is 0.946. The molecule has 0 aromatic rings. The van der Waals surface area contributed by atoms with Crippen molar-refractivity contribution in [3.63, 3.8) is 0 Å². The SMILES string of the molecule is CC1CC(C#N)=C(N)NC1=O. The van der Waals surface area contributed by atoms with Crippen LogP contribution in [-0.2, 0) is 4.79 Å². The minimum Gasteiger partial charge on any atom is -0.384 e. The summed E-state index contributed by atoms with van der Waals surface area (Å²) in [5, 5.41) is 11.0. The van der Waals surface area contributed by atoms with Gasteiger partial charge >= 0.3 is 0 Å². The molecule has 58 valence electrons. The maximum atomic E-state index is 10.9. The van der Waals surface area contributed by atoms with Crippen molar-refractivity contribution in [2.45, 2.75) is 13.3 Å². The van der Waals surface area contributed by atoms with Gasteiger partial charge in [-0.25, -0.2) is 0 Å². The Bertz CT molecular complexity index is 261. The number of nitrogens with two attached hydrogens (primary N) is 1. The average molecular weight is 151 g/mol. The molecule has 0 saturated heterocycles. The number of nitrogens with zero attached hydrogens (tertiary/aromatic N) is 1. The average Bonchev–Trinajstić information content (AvgIpc) is 1.97. The van der Waals surface area contributed by atoms with Crippen LogP contribution in [0.4, 0.5) is 0 Å². The van der Waals surface area contributed by atoms with Crippen LogP contribution in [0.2, 0.25) is 0 Å². The fraction of sp³-hybridized carbons (Fsp3) is 0.429. The van der Waals surface area contributed by atoms with Gasteiger partial charge in [0, 0.05) is 5.92 Å². The maximum Gasteiger partial charge on any atom is 0.228 e. The molecule has 4 nitrogen and oxygen atoms in total. The molecule has 11 heavy (non-hydrogen) atoms. The van der Waals surface area contributed by atoms with Crippen molar-refractivity contribution in [1.82, 2.24) is 5.32 Å². The minimum absolute atomic E-state index is 0.110. The fourth-order valence-electron chi connectivity index (χ4n) is 0.946. The first-order chi connectivity index (χ1) is 5.15. The molecule has 1 aliphatic rings. The number of allylic oxidation sites excluding steroid dienone is 1. The van der Waals surface area contributed by atoms with Crippen molar-refractivity contribution in [2.24, 2.45) is 11.7 Å². The summed E-state index contributed by atoms with van der Waals surface area (Å²) in [7, 11) is 0. The van der Waals surface area contributed by atoms with E-state index >= 15 is 0 Å². The summed E-state index contributed by atoms with van der Waals surface area (Å²) in [5.74, 6) is -0.0472. The van der Waals surface area contributed by atoms with Gasteiger partial charge in [-0.2, -0.15) is 5.26 Å². The van der Waals surface area contributed by atoms with Crippen LogP contribution in [0.3, 0.4) is 0 Å². The third-order valence-corrected chi connectivity index (χ3v) is 1.68. The van der Waals surface area contributed by atoms with Crippen molar-refractivity contribution in [3.05, 3.63) is 11.4 Å². The Morgan fingerprint density at radius 2 is 2.45 bits per heavy atom. The lowest BCUT2D eigenvalue weighted by Gasteiger charge is -2.18. The van der Waals surface area contributed by atoms with Gasteiger partial charge in [-0.05, 0) is 6.42 Å². The molecular formula is C7H9N3O. The molecule has 1 aliphatic heterocycles. The van der Waals surface area contributed by atoms with Gasteiger partial charge in [0.1, 0.15) is 5.82 Å². The predicted octanol–water partition coefficient (Wildman–Crippen LogP) is -0.164. The minimum atomic E-state index is -0.142. The highest BCUT2D eigenvalue weighted by Gasteiger charge is 2.22. The molecule has 3 N–H and O–H groups in total. The second kappa shape index (κ2) is 2.62. The van der Waals surface area contributed by atoms with Crippen LogP contribution in [0.25, 0.3) is 0 Å². The molecule has 0 bridgehead atoms. The van der Waals surface area contributed by atoms with E-state index in [9.17, 15) is 4.79 Å². The zero-order valence-corrected chi connectivity index (χ0v) is 6.22. The Morgan fingerprint density at radius 3 is 3.00 bits per heavy atom. The highest BCUT2D eigenvalue weighted by Crippen LogP contribution is 2.16. The first kappa shape index (κ1) is 7.61. The summed E-state index contributed by atoms with van der Waals surface area (Å²) in [6.45, 7) is 1.76. The third kappa shape index (κ3) is 1.32. The molecule has 0 aromatic carbocycles. The number of amides is 1. The van der Waals surface area contributed by atoms with E-state index < -0.39 is 0 Å². The van der Waals surface area contributed by atoms with E-state index in [1.165, 1.54) is 0 Å². The second-order valence-corrected chi connectivity index (χ2v) is 2.60. The zero-order valence-electron chi connectivity index (χ0n) is 6.22. The van der Waals surface area contributed by atoms with Crippen LogP contribution in [-0.4, -0.2) is 5.91 Å². The molecule has 1 unspecified atom stereocenters. The van der Waals surface area contributed by atoms with Gasteiger partial charge in [-0.15, -0.1) is 0 Å². The van der Waals surface area contributed by atoms with E-state index in [-0.39, 0.29) is 17.6 Å². The standard InChI is InChI=1S/C7H9N3O/c1-4-2-5(3-8)6(9)10-7(4)11/h4H,2,9H2,1H3,(H,10,11). The Hall–Kier alpha value is -1.50. The summed E-state index contributed by atoms with van der Waals surface area (Å²) in [6, 6.07) is 1.94. The number of nitrogens with one attached hydrogen (secondary N) is 1. The third-order valence-electron chi connectivity index (χ3n) is 1.68. The van der Waals surface area contributed by atoms with Crippen LogP contribution in [0.1, 0.15) is 13.3 Å². The number of hydrogen-bond donors (Lipinski definition) is 2. The molecular weight excluding hydrogens is 142 g/mol. The molecule has 0 aromatic heterocycles. The van der Waals surface area contributed by atoms with E-state index in [2.05, 4.69) is 5.32 Å². The normalized spacial score (nSPS) is 24.4. The Labute approximate surface area is 64.7 Å². The molecule has 0 fully saturated rings. The van der Waals surface area contributed by atoms with Crippen molar-refractivity contribution in [2.75, 3.05) is 0 Å². The van der Waals surface area contributed by atoms with Gasteiger partial charge in [-0.3, -0.25) is 4.79 Å². The van der Waals surface area contributed by atoms with Gasteiger partial charge in [-0.1, -0.05) is 6.92 Å². The maximum absolute atomic E-state index is 10.9. The molecule has 0 spiro atoms. The van der Waals surface area contributed by atoms with E-state index in [4.69, 9.17) is 11.0 Å². The topological polar surface area (TPSA) is 78.9 Å². The van der Waals surface area contributed by atoms with Crippen molar-refractivity contribution in [3.8, 4) is 6.07 Å². The molecule has 1 amide bonds. The quantitative estimate of drug-likeness (QED) is 0.504. The van der Waals surface area contributed by atoms with Gasteiger partial charge in [0.15, 0.2) is 0 Å². The predicted molar refractivity (Wildman–Crippen MR) is 38.8 cm³/mol. The molecule has 1 heterocycles. The van der Waals surface area contributed by atoms with Gasteiger partial charge in [0.2, 0.25) is 5.91 Å². The van der Waals surface area contributed by atoms with Crippen LogP contribution in [0, 0.1) is 17.2 Å². The van der Waals surface area contributed by atoms with E-state index in [1.54, 1.807) is 6.92 Å². The first-order valence-electron chi connectivity index (χ1n) is 3.34. The number of nitriles is 1. The molecule has 1 atom stereocenters. The number of rotatable bonds is 0. The van der Waals surface area contributed by atoms with Crippen LogP contribution in [0.15, 0.2) is 11.4 Å². The van der Waals surface area contributed by atoms with Gasteiger partial charge in [0.25, 0.3) is 0 Å². The second-order valence-electron chi connectivity index (χ2n) is 2.60. The van der Waals surface area contributed by atoms with Gasteiger partial charge < -0.3 is 11.1 Å². The Balaban J connectivity index is 2.90. The van der Waals surface area contributed by atoms with Gasteiger partial charge in [0.05, 0.1) is 11.6 Å². The zero-order chi connectivity index (χ0) is 8.43. The number of carbonyl (C=O) groups is 1. The largest absolute Gasteiger partial charge is 0.384 e. The van der Waals surface area contributed by atoms with Crippen LogP contribution < -0.4 is 11.1 Å². The summed E-state index contributed by atoms with van der Waals surface area (Å²) >= 11 is 0. The molecule has 0 aliphatic carbocycles. The smallest absolute Gasteiger partial charge is 0.228 e. The van der Waals surface area contributed by atoms with Crippen LogP contribution in [0.5, 0.6) is 0 Å². The molecule has 0 radical (unpaired) electrons. The summed E-state index contributed by atoms with van der Waals surface area (Å²) in [6.07, 6.45) is 0.453. The molecule has 1 rings (SSSR count). The van der Waals surface area contributed by atoms with E-state index in [1.807, 2.05) is 6.07 Å². The molecule has 4 heteroatoms. The monoisotopic (exact) mass is 151 g/mol. The van der Waals surface area contributed by atoms with Crippen molar-refractivity contribution < 1.29 is 4.79 Å². The highest BCUT2D eigenvalue weighted by atomic mass is 16.2. The Morgan fingerprint density at radius 1 is 1.82 bits per heavy atom. The number of hydrogen-bond acceptors (Lipinski definition) is 3. The highest BCUT2D eigenvalue weighted by molar-refractivity contribution is 5.82. The van der Waals surface area contributed by atoms with Crippen molar-refractivity contribution in [1.29, 1.82) is 5.26 Å². The summed E-state index contributed by atoms with van der Waals surface area (Å²) < 4.78 is 0. The van der Waals surface area contributed by atoms with E-state index in [0.717, 1.165) is 0 Å². The Kier molecular flexibility index (Phi) is 1.81. The first-order valence-corrected chi connectivity index (χ1v) is 3.34. The number of carbonyl (C=O) groups excluding carboxylic acids is 1. The summed E-state index contributed by atoms with van der Waals surface area (Å²) in [4.78, 5) is 10.9.